The molecule has 0 aliphatic carbocycles. The van der Waals surface area contributed by atoms with Crippen molar-refractivity contribution in [3.8, 4) is 0 Å². The monoisotopic (exact) mass is 352 g/mol. The highest BCUT2D eigenvalue weighted by atomic mass is 32.2. The van der Waals surface area contributed by atoms with E-state index in [0.717, 1.165) is 22.7 Å². The Morgan fingerprint density at radius 3 is 2.57 bits per heavy atom. The number of nitrogens with zero attached hydrogens (tertiary/aromatic N) is 1. The van der Waals surface area contributed by atoms with E-state index < -0.39 is 9.84 Å². The maximum Gasteiger partial charge on any atom is 0.221 e. The van der Waals surface area contributed by atoms with Crippen molar-refractivity contribution in [2.24, 2.45) is 0 Å². The molecule has 1 N–H and O–H groups in total. The fourth-order valence-electron chi connectivity index (χ4n) is 1.96. The second-order valence-corrected chi connectivity index (χ2v) is 8.30. The average molecular weight is 352 g/mol. The maximum atomic E-state index is 12.2. The van der Waals surface area contributed by atoms with Gasteiger partial charge in [-0.3, -0.25) is 4.79 Å². The zero-order valence-corrected chi connectivity index (χ0v) is 14.8. The molecule has 5 nitrogen and oxygen atoms in total. The second kappa shape index (κ2) is 7.70. The fourth-order valence-corrected chi connectivity index (χ4v) is 3.95. The molecule has 0 atom stereocenters. The minimum Gasteiger partial charge on any atom is -0.350 e. The molecule has 0 saturated heterocycles. The molecule has 2 aromatic rings. The van der Waals surface area contributed by atoms with Crippen molar-refractivity contribution < 1.29 is 13.2 Å². The number of hydrogen-bond donors (Lipinski definition) is 1. The molecule has 0 bridgehead atoms. The summed E-state index contributed by atoms with van der Waals surface area (Å²) in [6, 6.07) is 6.65. The Balaban J connectivity index is 1.84. The third-order valence-electron chi connectivity index (χ3n) is 3.35. The first-order chi connectivity index (χ1) is 10.9. The molecule has 0 fully saturated rings. The van der Waals surface area contributed by atoms with Gasteiger partial charge in [0.25, 0.3) is 0 Å². The molecule has 1 aromatic carbocycles. The fraction of sp³-hybridized carbons (Fsp3) is 0.375. The zero-order valence-electron chi connectivity index (χ0n) is 13.2. The number of carbonyl (C=O) groups is 1. The normalized spacial score (nSPS) is 11.4. The van der Waals surface area contributed by atoms with Gasteiger partial charge < -0.3 is 5.32 Å². The van der Waals surface area contributed by atoms with Gasteiger partial charge in [-0.1, -0.05) is 24.6 Å². The molecule has 0 aliphatic rings. The van der Waals surface area contributed by atoms with E-state index in [9.17, 15) is 13.2 Å². The van der Waals surface area contributed by atoms with E-state index in [2.05, 4.69) is 10.3 Å². The lowest BCUT2D eigenvalue weighted by Crippen LogP contribution is -2.25. The van der Waals surface area contributed by atoms with E-state index in [1.807, 2.05) is 19.2 Å². The molecule has 23 heavy (non-hydrogen) atoms. The highest BCUT2D eigenvalue weighted by Gasteiger charge is 2.16. The Bertz CT molecular complexity index is 765. The maximum absolute atomic E-state index is 12.2. The van der Waals surface area contributed by atoms with Gasteiger partial charge in [-0.05, 0) is 25.5 Å². The summed E-state index contributed by atoms with van der Waals surface area (Å²) in [7, 11) is -3.43. The number of nitrogens with one attached hydrogen (secondary N) is 1. The lowest BCUT2D eigenvalue weighted by molar-refractivity contribution is -0.120. The summed E-state index contributed by atoms with van der Waals surface area (Å²) in [4.78, 5) is 16.4. The van der Waals surface area contributed by atoms with E-state index >= 15 is 0 Å². The Morgan fingerprint density at radius 1 is 1.26 bits per heavy atom. The summed E-state index contributed by atoms with van der Waals surface area (Å²) < 4.78 is 24.3. The first-order valence-corrected chi connectivity index (χ1v) is 9.93. The minimum absolute atomic E-state index is 0.0546. The molecule has 0 saturated carbocycles. The van der Waals surface area contributed by atoms with Gasteiger partial charge in [-0.15, -0.1) is 11.3 Å². The van der Waals surface area contributed by atoms with Crippen LogP contribution in [0.3, 0.4) is 0 Å². The van der Waals surface area contributed by atoms with Crippen molar-refractivity contribution in [3.05, 3.63) is 45.9 Å². The van der Waals surface area contributed by atoms with Crippen molar-refractivity contribution in [1.82, 2.24) is 10.3 Å². The number of carbonyl (C=O) groups excluding carboxylic acids is 1. The summed E-state index contributed by atoms with van der Waals surface area (Å²) in [5, 5.41) is 5.64. The highest BCUT2D eigenvalue weighted by molar-refractivity contribution is 7.91. The molecular weight excluding hydrogens is 332 g/mol. The van der Waals surface area contributed by atoms with Crippen LogP contribution >= 0.6 is 11.3 Å². The molecule has 0 spiro atoms. The molecular formula is C16H20N2O3S2. The van der Waals surface area contributed by atoms with Crippen molar-refractivity contribution in [2.45, 2.75) is 38.1 Å². The smallest absolute Gasteiger partial charge is 0.221 e. The zero-order chi connectivity index (χ0) is 16.9. The number of hydrogen-bond acceptors (Lipinski definition) is 5. The van der Waals surface area contributed by atoms with Crippen molar-refractivity contribution in [1.29, 1.82) is 0 Å². The molecule has 1 heterocycles. The Kier molecular flexibility index (Phi) is 5.90. The van der Waals surface area contributed by atoms with Crippen LogP contribution in [0.1, 0.15) is 29.6 Å². The van der Waals surface area contributed by atoms with E-state index in [1.165, 1.54) is 0 Å². The van der Waals surface area contributed by atoms with Crippen molar-refractivity contribution >= 4 is 27.1 Å². The third-order valence-corrected chi connectivity index (χ3v) is 6.12. The predicted octanol–water partition coefficient (Wildman–Crippen LogP) is 2.49. The summed E-state index contributed by atoms with van der Waals surface area (Å²) in [5.41, 5.74) is 1.80. The van der Waals surface area contributed by atoms with Gasteiger partial charge in [0, 0.05) is 11.8 Å². The average Bonchev–Trinajstić information content (AvgIpc) is 2.99. The first kappa shape index (κ1) is 17.6. The van der Waals surface area contributed by atoms with Crippen molar-refractivity contribution in [2.75, 3.05) is 5.75 Å². The number of sulfone groups is 1. The van der Waals surface area contributed by atoms with Gasteiger partial charge >= 0.3 is 0 Å². The van der Waals surface area contributed by atoms with E-state index in [4.69, 9.17) is 0 Å². The minimum atomic E-state index is -3.43. The van der Waals surface area contributed by atoms with Crippen LogP contribution in [-0.4, -0.2) is 25.1 Å². The predicted molar refractivity (Wildman–Crippen MR) is 91.2 cm³/mol. The Labute approximate surface area is 140 Å². The van der Waals surface area contributed by atoms with Crippen LogP contribution in [0.15, 0.2) is 34.5 Å². The standard InChI is InChI=1S/C16H20N2O3S2/c1-3-16-18-13(11-22-16)10-17-15(19)8-9-23(20,21)14-6-4-12(2)5-7-14/h4-7,11H,3,8-10H2,1-2H3,(H,17,19). The highest BCUT2D eigenvalue weighted by Crippen LogP contribution is 2.13. The molecule has 1 amide bonds. The summed E-state index contributed by atoms with van der Waals surface area (Å²) in [6.45, 7) is 4.25. The second-order valence-electron chi connectivity index (χ2n) is 5.24. The number of aromatic nitrogens is 1. The molecule has 2 rings (SSSR count). The van der Waals surface area contributed by atoms with Crippen LogP contribution in [-0.2, 0) is 27.6 Å². The van der Waals surface area contributed by atoms with E-state index in [0.29, 0.717) is 6.54 Å². The molecule has 124 valence electrons. The van der Waals surface area contributed by atoms with Crippen LogP contribution in [0, 0.1) is 6.92 Å². The Hall–Kier alpha value is -1.73. The van der Waals surface area contributed by atoms with Crippen LogP contribution in [0.4, 0.5) is 0 Å². The van der Waals surface area contributed by atoms with Gasteiger partial charge in [0.1, 0.15) is 0 Å². The topological polar surface area (TPSA) is 76.1 Å². The van der Waals surface area contributed by atoms with Gasteiger partial charge in [0.15, 0.2) is 9.84 Å². The summed E-state index contributed by atoms with van der Waals surface area (Å²) >= 11 is 1.56. The SMILES string of the molecule is CCc1nc(CNC(=O)CCS(=O)(=O)c2ccc(C)cc2)cs1. The van der Waals surface area contributed by atoms with Crippen LogP contribution < -0.4 is 5.32 Å². The molecule has 0 unspecified atom stereocenters. The van der Waals surface area contributed by atoms with Gasteiger partial charge in [-0.2, -0.15) is 0 Å². The largest absolute Gasteiger partial charge is 0.350 e. The molecule has 7 heteroatoms. The quantitative estimate of drug-likeness (QED) is 0.831. The van der Waals surface area contributed by atoms with Crippen LogP contribution in [0.5, 0.6) is 0 Å². The molecule has 0 radical (unpaired) electrons. The Morgan fingerprint density at radius 2 is 1.96 bits per heavy atom. The van der Waals surface area contributed by atoms with Gasteiger partial charge in [-0.25, -0.2) is 13.4 Å². The lowest BCUT2D eigenvalue weighted by Gasteiger charge is -2.06. The van der Waals surface area contributed by atoms with Gasteiger partial charge in [0.2, 0.25) is 5.91 Å². The summed E-state index contributed by atoms with van der Waals surface area (Å²) in [6.07, 6.45) is 0.814. The molecule has 1 aromatic heterocycles. The van der Waals surface area contributed by atoms with E-state index in [1.54, 1.807) is 35.6 Å². The number of rotatable bonds is 7. The van der Waals surface area contributed by atoms with Gasteiger partial charge in [0.05, 0.1) is 27.9 Å². The lowest BCUT2D eigenvalue weighted by atomic mass is 10.2. The third kappa shape index (κ3) is 5.14. The van der Waals surface area contributed by atoms with Crippen LogP contribution in [0.2, 0.25) is 0 Å². The summed E-state index contributed by atoms with van der Waals surface area (Å²) in [5.74, 6) is -0.481. The van der Waals surface area contributed by atoms with Crippen LogP contribution in [0.25, 0.3) is 0 Å². The number of thiazole rings is 1. The number of benzene rings is 1. The number of aryl methyl sites for hydroxylation is 2. The molecule has 0 aliphatic heterocycles. The van der Waals surface area contributed by atoms with E-state index in [-0.39, 0.29) is 23.0 Å². The first-order valence-electron chi connectivity index (χ1n) is 7.40. The number of amides is 1. The van der Waals surface area contributed by atoms with Crippen molar-refractivity contribution in [3.63, 3.8) is 0 Å².